The highest BCUT2D eigenvalue weighted by Gasteiger charge is 2.31. The topological polar surface area (TPSA) is 91.8 Å². The molecule has 29 heavy (non-hydrogen) atoms. The Morgan fingerprint density at radius 2 is 1.97 bits per heavy atom. The second-order valence-corrected chi connectivity index (χ2v) is 8.63. The van der Waals surface area contributed by atoms with Gasteiger partial charge in [-0.15, -0.1) is 11.3 Å². The first-order chi connectivity index (χ1) is 14.1. The Bertz CT molecular complexity index is 869. The lowest BCUT2D eigenvalue weighted by Gasteiger charge is -2.35. The Hall–Kier alpha value is -2.30. The van der Waals surface area contributed by atoms with Crippen LogP contribution in [0.25, 0.3) is 0 Å². The van der Waals surface area contributed by atoms with Crippen molar-refractivity contribution in [3.05, 3.63) is 33.5 Å². The van der Waals surface area contributed by atoms with Gasteiger partial charge in [0.1, 0.15) is 6.10 Å². The molecule has 4 rings (SSSR count). The zero-order chi connectivity index (χ0) is 20.2. The van der Waals surface area contributed by atoms with Crippen LogP contribution in [0.3, 0.4) is 0 Å². The zero-order valence-electron chi connectivity index (χ0n) is 15.8. The minimum Gasteiger partial charge on any atom is -0.368 e. The summed E-state index contributed by atoms with van der Waals surface area (Å²) in [7, 11) is 0. The highest BCUT2D eigenvalue weighted by Crippen LogP contribution is 2.19. The van der Waals surface area contributed by atoms with Crippen LogP contribution >= 0.6 is 22.7 Å². The monoisotopic (exact) mass is 434 g/mol. The normalized spacial score (nSPS) is 19.4. The number of anilines is 1. The summed E-state index contributed by atoms with van der Waals surface area (Å²) in [5.41, 5.74) is 1.23. The number of piperazine rings is 1. The van der Waals surface area contributed by atoms with Gasteiger partial charge in [-0.05, 0) is 24.3 Å². The van der Waals surface area contributed by atoms with Gasteiger partial charge in [-0.1, -0.05) is 0 Å². The number of ether oxygens (including phenoxy) is 1. The largest absolute Gasteiger partial charge is 0.368 e. The Kier molecular flexibility index (Phi) is 6.22. The van der Waals surface area contributed by atoms with E-state index in [1.807, 2.05) is 5.38 Å². The van der Waals surface area contributed by atoms with Crippen LogP contribution in [0.1, 0.15) is 28.9 Å². The van der Waals surface area contributed by atoms with Crippen LogP contribution in [0, 0.1) is 0 Å². The Labute approximate surface area is 176 Å². The number of carbonyl (C=O) groups excluding carboxylic acids is 3. The van der Waals surface area contributed by atoms with Gasteiger partial charge < -0.3 is 14.5 Å². The first-order valence-electron chi connectivity index (χ1n) is 9.56. The van der Waals surface area contributed by atoms with Crippen molar-refractivity contribution in [1.82, 2.24) is 14.8 Å². The number of nitrogens with one attached hydrogen (secondary N) is 1. The van der Waals surface area contributed by atoms with E-state index >= 15 is 0 Å². The highest BCUT2D eigenvalue weighted by atomic mass is 32.1. The number of rotatable bonds is 5. The first-order valence-corrected chi connectivity index (χ1v) is 11.4. The molecular weight excluding hydrogens is 412 g/mol. The second-order valence-electron chi connectivity index (χ2n) is 6.99. The fourth-order valence-corrected chi connectivity index (χ4v) is 4.77. The van der Waals surface area contributed by atoms with Gasteiger partial charge in [-0.2, -0.15) is 11.3 Å². The lowest BCUT2D eigenvalue weighted by atomic mass is 10.2. The van der Waals surface area contributed by atoms with E-state index < -0.39 is 0 Å². The van der Waals surface area contributed by atoms with Crippen molar-refractivity contribution in [3.8, 4) is 0 Å². The van der Waals surface area contributed by atoms with Crippen molar-refractivity contribution in [2.45, 2.75) is 25.4 Å². The molecule has 2 aliphatic rings. The number of hydrogen-bond acceptors (Lipinski definition) is 7. The summed E-state index contributed by atoms with van der Waals surface area (Å²) < 4.78 is 5.47. The van der Waals surface area contributed by atoms with E-state index in [1.54, 1.807) is 26.6 Å². The highest BCUT2D eigenvalue weighted by molar-refractivity contribution is 7.14. The molecule has 8 nitrogen and oxygen atoms in total. The van der Waals surface area contributed by atoms with Gasteiger partial charge in [-0.3, -0.25) is 19.7 Å². The molecule has 0 aromatic carbocycles. The third-order valence-corrected chi connectivity index (χ3v) is 6.53. The van der Waals surface area contributed by atoms with Crippen molar-refractivity contribution in [2.75, 3.05) is 38.1 Å². The SMILES string of the molecule is O=C(Nc1nc(CC(=O)N2CCN(C(=O)C3CCCO3)CC2)cs1)c1ccsc1. The van der Waals surface area contributed by atoms with Crippen LogP contribution in [-0.4, -0.2) is 71.4 Å². The standard InChI is InChI=1S/C19H22N4O4S2/c24-16(22-4-6-23(7-5-22)18(26)15-2-1-8-27-15)10-14-12-29-19(20-14)21-17(25)13-3-9-28-11-13/h3,9,11-12,15H,1-2,4-8,10H2,(H,20,21,25). The van der Waals surface area contributed by atoms with Gasteiger partial charge in [0, 0.05) is 43.5 Å². The quantitative estimate of drug-likeness (QED) is 0.775. The third-order valence-electron chi connectivity index (χ3n) is 5.04. The van der Waals surface area contributed by atoms with Crippen LogP contribution < -0.4 is 5.32 Å². The van der Waals surface area contributed by atoms with Gasteiger partial charge in [-0.25, -0.2) is 4.98 Å². The predicted molar refractivity (Wildman–Crippen MR) is 110 cm³/mol. The van der Waals surface area contributed by atoms with Crippen LogP contribution in [0.4, 0.5) is 5.13 Å². The number of carbonyl (C=O) groups is 3. The van der Waals surface area contributed by atoms with E-state index in [0.29, 0.717) is 49.2 Å². The molecule has 2 saturated heterocycles. The Morgan fingerprint density at radius 3 is 2.66 bits per heavy atom. The molecule has 0 spiro atoms. The number of hydrogen-bond donors (Lipinski definition) is 1. The maximum atomic E-state index is 12.6. The van der Waals surface area contributed by atoms with Crippen LogP contribution in [0.2, 0.25) is 0 Å². The smallest absolute Gasteiger partial charge is 0.258 e. The molecule has 2 aromatic rings. The molecule has 154 valence electrons. The average Bonchev–Trinajstić information content (AvgIpc) is 3.50. The molecule has 0 bridgehead atoms. The van der Waals surface area contributed by atoms with E-state index in [2.05, 4.69) is 10.3 Å². The molecule has 10 heteroatoms. The summed E-state index contributed by atoms with van der Waals surface area (Å²) >= 11 is 2.76. The van der Waals surface area contributed by atoms with Gasteiger partial charge in [0.05, 0.1) is 17.7 Å². The Morgan fingerprint density at radius 1 is 1.17 bits per heavy atom. The van der Waals surface area contributed by atoms with Crippen LogP contribution in [-0.2, 0) is 20.7 Å². The van der Waals surface area contributed by atoms with Gasteiger partial charge in [0.2, 0.25) is 5.91 Å². The van der Waals surface area contributed by atoms with Crippen molar-refractivity contribution in [2.24, 2.45) is 0 Å². The summed E-state index contributed by atoms with van der Waals surface area (Å²) in [4.78, 5) is 45.0. The minimum absolute atomic E-state index is 0.0183. The fourth-order valence-electron chi connectivity index (χ4n) is 3.43. The predicted octanol–water partition coefficient (Wildman–Crippen LogP) is 1.85. The molecule has 0 aliphatic carbocycles. The lowest BCUT2D eigenvalue weighted by Crippen LogP contribution is -2.53. The summed E-state index contributed by atoms with van der Waals surface area (Å²) in [5.74, 6) is -0.180. The van der Waals surface area contributed by atoms with Gasteiger partial charge in [0.25, 0.3) is 11.8 Å². The summed E-state index contributed by atoms with van der Waals surface area (Å²) in [6.45, 7) is 2.75. The summed E-state index contributed by atoms with van der Waals surface area (Å²) in [6.07, 6.45) is 1.59. The van der Waals surface area contributed by atoms with Crippen molar-refractivity contribution in [3.63, 3.8) is 0 Å². The molecule has 2 aliphatic heterocycles. The molecule has 2 aromatic heterocycles. The maximum Gasteiger partial charge on any atom is 0.258 e. The molecule has 1 atom stereocenters. The number of aromatic nitrogens is 1. The van der Waals surface area contributed by atoms with Crippen molar-refractivity contribution >= 4 is 45.5 Å². The summed E-state index contributed by atoms with van der Waals surface area (Å²) in [6, 6.07) is 1.75. The maximum absolute atomic E-state index is 12.6. The second kappa shape index (κ2) is 9.02. The van der Waals surface area contributed by atoms with E-state index in [4.69, 9.17) is 4.74 Å². The molecule has 3 amide bonds. The molecule has 1 N–H and O–H groups in total. The molecular formula is C19H22N4O4S2. The number of thiophene rings is 1. The average molecular weight is 435 g/mol. The fraction of sp³-hybridized carbons (Fsp3) is 0.474. The van der Waals surface area contributed by atoms with Crippen molar-refractivity contribution < 1.29 is 19.1 Å². The lowest BCUT2D eigenvalue weighted by molar-refractivity contribution is -0.145. The zero-order valence-corrected chi connectivity index (χ0v) is 17.5. The van der Waals surface area contributed by atoms with E-state index in [-0.39, 0.29) is 30.2 Å². The van der Waals surface area contributed by atoms with E-state index in [1.165, 1.54) is 22.7 Å². The number of amides is 3. The third kappa shape index (κ3) is 4.82. The molecule has 0 saturated carbocycles. The van der Waals surface area contributed by atoms with Crippen LogP contribution in [0.15, 0.2) is 22.2 Å². The molecule has 4 heterocycles. The minimum atomic E-state index is -0.310. The van der Waals surface area contributed by atoms with E-state index in [9.17, 15) is 14.4 Å². The molecule has 0 radical (unpaired) electrons. The summed E-state index contributed by atoms with van der Waals surface area (Å²) in [5, 5.41) is 8.65. The van der Waals surface area contributed by atoms with Crippen LogP contribution in [0.5, 0.6) is 0 Å². The van der Waals surface area contributed by atoms with Crippen molar-refractivity contribution in [1.29, 1.82) is 0 Å². The van der Waals surface area contributed by atoms with Gasteiger partial charge in [0.15, 0.2) is 5.13 Å². The number of thiazole rings is 1. The van der Waals surface area contributed by atoms with Gasteiger partial charge >= 0.3 is 0 Å². The Balaban J connectivity index is 1.25. The molecule has 2 fully saturated rings. The molecule has 1 unspecified atom stereocenters. The van der Waals surface area contributed by atoms with E-state index in [0.717, 1.165) is 12.8 Å². The number of nitrogens with zero attached hydrogens (tertiary/aromatic N) is 3. The first kappa shape index (κ1) is 20.0.